The maximum Gasteiger partial charge on any atom is -0.00703 e. The molecule has 2 atom stereocenters. The molecule has 1 aliphatic carbocycles. The van der Waals surface area contributed by atoms with Gasteiger partial charge in [-0.05, 0) is 75.2 Å². The van der Waals surface area contributed by atoms with Crippen LogP contribution in [0.2, 0.25) is 0 Å². The lowest BCUT2D eigenvalue weighted by molar-refractivity contribution is 0.108. The predicted octanol–water partition coefficient (Wildman–Crippen LogP) is 8.87. The number of rotatable bonds is 4. The van der Waals surface area contributed by atoms with Gasteiger partial charge in [0.15, 0.2) is 0 Å². The number of fused-ring (bicyclic) bond motifs is 1. The molecule has 0 heterocycles. The standard InChI is InChI=1S/C37H41P/c1-36(2,3)32-26-28-19-16-24-33(38(29-20-12-8-13-21-29)30-22-14-9-15-23-30)34(28)31(35(32)37(4,5)6)25-27-17-10-7-11-18-27/h7-25,32,35H,26H2,1-6H3/b31-25-/t32-,35-/m0/s1. The molecule has 0 unspecified atom stereocenters. The van der Waals surface area contributed by atoms with Crippen LogP contribution in [0, 0.1) is 22.7 Å². The first kappa shape index (κ1) is 26.6. The van der Waals surface area contributed by atoms with E-state index in [9.17, 15) is 0 Å². The van der Waals surface area contributed by atoms with Gasteiger partial charge in [0, 0.05) is 0 Å². The normalized spacial score (nSPS) is 19.0. The molecule has 0 N–H and O–H groups in total. The Bertz CT molecular complexity index is 1350. The molecule has 5 rings (SSSR count). The van der Waals surface area contributed by atoms with Crippen molar-refractivity contribution < 1.29 is 0 Å². The average molecular weight is 517 g/mol. The zero-order valence-electron chi connectivity index (χ0n) is 23.8. The van der Waals surface area contributed by atoms with Gasteiger partial charge < -0.3 is 0 Å². The minimum atomic E-state index is -0.700. The van der Waals surface area contributed by atoms with Gasteiger partial charge in [0.25, 0.3) is 0 Å². The summed E-state index contributed by atoms with van der Waals surface area (Å²) in [6, 6.07) is 40.4. The lowest BCUT2D eigenvalue weighted by atomic mass is 9.56. The minimum absolute atomic E-state index is 0.131. The van der Waals surface area contributed by atoms with E-state index in [0.29, 0.717) is 11.8 Å². The first-order valence-corrected chi connectivity index (χ1v) is 15.3. The molecule has 0 aliphatic heterocycles. The molecule has 0 fully saturated rings. The van der Waals surface area contributed by atoms with Gasteiger partial charge in [0.05, 0.1) is 0 Å². The van der Waals surface area contributed by atoms with E-state index in [1.54, 1.807) is 0 Å². The summed E-state index contributed by atoms with van der Waals surface area (Å²) in [5.41, 5.74) is 6.13. The van der Waals surface area contributed by atoms with Gasteiger partial charge in [-0.1, -0.05) is 157 Å². The van der Waals surface area contributed by atoms with E-state index in [0.717, 1.165) is 6.42 Å². The zero-order chi connectivity index (χ0) is 26.9. The molecule has 0 nitrogen and oxygen atoms in total. The van der Waals surface area contributed by atoms with E-state index in [1.807, 2.05) is 0 Å². The molecule has 4 aromatic carbocycles. The molecule has 38 heavy (non-hydrogen) atoms. The third-order valence-corrected chi connectivity index (χ3v) is 10.5. The van der Waals surface area contributed by atoms with E-state index in [-0.39, 0.29) is 10.8 Å². The first-order chi connectivity index (χ1) is 18.1. The summed E-state index contributed by atoms with van der Waals surface area (Å²) >= 11 is 0. The molecule has 0 aromatic heterocycles. The van der Waals surface area contributed by atoms with E-state index in [4.69, 9.17) is 0 Å². The van der Waals surface area contributed by atoms with Crippen molar-refractivity contribution in [1.29, 1.82) is 0 Å². The van der Waals surface area contributed by atoms with E-state index < -0.39 is 7.92 Å². The molecule has 4 aromatic rings. The molecule has 0 amide bonds. The Morgan fingerprint density at radius 1 is 0.605 bits per heavy atom. The first-order valence-electron chi connectivity index (χ1n) is 13.9. The molecule has 0 saturated carbocycles. The van der Waals surface area contributed by atoms with Crippen molar-refractivity contribution in [2.45, 2.75) is 48.0 Å². The minimum Gasteiger partial charge on any atom is -0.0622 e. The molecule has 0 spiro atoms. The van der Waals surface area contributed by atoms with Crippen LogP contribution < -0.4 is 15.9 Å². The van der Waals surface area contributed by atoms with Gasteiger partial charge in [-0.3, -0.25) is 0 Å². The summed E-state index contributed by atoms with van der Waals surface area (Å²) in [5.74, 6) is 1.000. The summed E-state index contributed by atoms with van der Waals surface area (Å²) < 4.78 is 0. The zero-order valence-corrected chi connectivity index (χ0v) is 24.7. The fraction of sp³-hybridized carbons (Fsp3) is 0.297. The number of benzene rings is 4. The van der Waals surface area contributed by atoms with Crippen LogP contribution in [-0.4, -0.2) is 0 Å². The second-order valence-electron chi connectivity index (χ2n) is 12.8. The van der Waals surface area contributed by atoms with Gasteiger partial charge in [-0.15, -0.1) is 0 Å². The highest BCUT2D eigenvalue weighted by Crippen LogP contribution is 2.54. The Hall–Kier alpha value is -2.95. The summed E-state index contributed by atoms with van der Waals surface area (Å²) in [7, 11) is -0.700. The van der Waals surface area contributed by atoms with Crippen LogP contribution in [-0.2, 0) is 6.42 Å². The summed E-state index contributed by atoms with van der Waals surface area (Å²) in [6.45, 7) is 14.6. The Morgan fingerprint density at radius 2 is 1.13 bits per heavy atom. The van der Waals surface area contributed by atoms with Crippen molar-refractivity contribution in [2.75, 3.05) is 0 Å². The Kier molecular flexibility index (Phi) is 7.48. The topological polar surface area (TPSA) is 0 Å². The lowest BCUT2D eigenvalue weighted by Gasteiger charge is -2.49. The number of hydrogen-bond donors (Lipinski definition) is 0. The molecule has 194 valence electrons. The Balaban J connectivity index is 1.83. The molecule has 1 aliphatic rings. The largest absolute Gasteiger partial charge is 0.0622 e. The van der Waals surface area contributed by atoms with E-state index in [2.05, 4.69) is 157 Å². The van der Waals surface area contributed by atoms with Crippen LogP contribution in [0.3, 0.4) is 0 Å². The average Bonchev–Trinajstić information content (AvgIpc) is 2.89. The highest BCUT2D eigenvalue weighted by Gasteiger charge is 2.45. The van der Waals surface area contributed by atoms with Gasteiger partial charge in [0.1, 0.15) is 0 Å². The fourth-order valence-electron chi connectivity index (χ4n) is 6.35. The second-order valence-corrected chi connectivity index (χ2v) is 15.0. The highest BCUT2D eigenvalue weighted by molar-refractivity contribution is 7.80. The van der Waals surface area contributed by atoms with Gasteiger partial charge >= 0.3 is 0 Å². The van der Waals surface area contributed by atoms with Gasteiger partial charge in [0.2, 0.25) is 0 Å². The van der Waals surface area contributed by atoms with Crippen molar-refractivity contribution in [3.63, 3.8) is 0 Å². The highest BCUT2D eigenvalue weighted by atomic mass is 31.1. The van der Waals surface area contributed by atoms with Crippen LogP contribution >= 0.6 is 7.92 Å². The van der Waals surface area contributed by atoms with Gasteiger partial charge in [-0.2, -0.15) is 0 Å². The molecular weight excluding hydrogens is 475 g/mol. The maximum absolute atomic E-state index is 2.51. The fourth-order valence-corrected chi connectivity index (χ4v) is 8.88. The molecule has 0 saturated heterocycles. The third kappa shape index (κ3) is 5.43. The quantitative estimate of drug-likeness (QED) is 0.238. The van der Waals surface area contributed by atoms with E-state index >= 15 is 0 Å². The molecule has 0 radical (unpaired) electrons. The smallest absolute Gasteiger partial charge is 0.00703 e. The van der Waals surface area contributed by atoms with Crippen molar-refractivity contribution in [2.24, 2.45) is 22.7 Å². The van der Waals surface area contributed by atoms with Crippen LogP contribution in [0.5, 0.6) is 0 Å². The summed E-state index contributed by atoms with van der Waals surface area (Å²) in [5, 5.41) is 4.30. The van der Waals surface area contributed by atoms with Crippen molar-refractivity contribution in [1.82, 2.24) is 0 Å². The Labute approximate surface area is 231 Å². The summed E-state index contributed by atoms with van der Waals surface area (Å²) in [6.07, 6.45) is 3.63. The predicted molar refractivity (Wildman–Crippen MR) is 169 cm³/mol. The Morgan fingerprint density at radius 3 is 1.63 bits per heavy atom. The van der Waals surface area contributed by atoms with Crippen molar-refractivity contribution in [3.05, 3.63) is 126 Å². The number of allylic oxidation sites excluding steroid dienone is 1. The maximum atomic E-state index is 2.51. The van der Waals surface area contributed by atoms with Gasteiger partial charge in [-0.25, -0.2) is 0 Å². The van der Waals surface area contributed by atoms with Crippen LogP contribution in [0.25, 0.3) is 11.6 Å². The van der Waals surface area contributed by atoms with Crippen molar-refractivity contribution >= 4 is 35.5 Å². The molecule has 0 bridgehead atoms. The molecular formula is C37H41P. The SMILES string of the molecule is CC(C)(C)[C@H]1Cc2cccc(P(c3ccccc3)c3ccccc3)c2/C(=C/c2ccccc2)[C@@H]1C(C)(C)C. The van der Waals surface area contributed by atoms with E-state index in [1.165, 1.54) is 38.2 Å². The monoisotopic (exact) mass is 516 g/mol. The van der Waals surface area contributed by atoms with Crippen LogP contribution in [0.1, 0.15) is 58.2 Å². The third-order valence-electron chi connectivity index (χ3n) is 8.03. The van der Waals surface area contributed by atoms with Crippen molar-refractivity contribution in [3.8, 4) is 0 Å². The second kappa shape index (κ2) is 10.7. The van der Waals surface area contributed by atoms with Crippen LogP contribution in [0.15, 0.2) is 109 Å². The lowest BCUT2D eigenvalue weighted by Crippen LogP contribution is -2.42. The summed E-state index contributed by atoms with van der Waals surface area (Å²) in [4.78, 5) is 0. The molecule has 1 heteroatoms. The number of hydrogen-bond acceptors (Lipinski definition) is 0. The van der Waals surface area contributed by atoms with Crippen LogP contribution in [0.4, 0.5) is 0 Å².